The van der Waals surface area contributed by atoms with Crippen molar-refractivity contribution >= 4 is 17.7 Å². The first kappa shape index (κ1) is 16.4. The molecule has 0 radical (unpaired) electrons. The van der Waals surface area contributed by atoms with E-state index in [1.807, 2.05) is 0 Å². The van der Waals surface area contributed by atoms with Gasteiger partial charge in [-0.05, 0) is 29.8 Å². The number of nitro benzene ring substituents is 1. The molecule has 0 bridgehead atoms. The van der Waals surface area contributed by atoms with Crippen LogP contribution < -0.4 is 4.74 Å². The maximum Gasteiger partial charge on any atom is 0.343 e. The van der Waals surface area contributed by atoms with Crippen molar-refractivity contribution in [1.82, 2.24) is 0 Å². The fraction of sp³-hybridized carbons (Fsp3) is 0. The van der Waals surface area contributed by atoms with Gasteiger partial charge in [0.15, 0.2) is 0 Å². The summed E-state index contributed by atoms with van der Waals surface area (Å²) in [6, 6.07) is 14.8. The van der Waals surface area contributed by atoms with Crippen molar-refractivity contribution in [3.63, 3.8) is 0 Å². The van der Waals surface area contributed by atoms with Gasteiger partial charge in [0, 0.05) is 12.1 Å². The lowest BCUT2D eigenvalue weighted by atomic mass is 10.1. The first-order valence-electron chi connectivity index (χ1n) is 6.62. The normalized spacial score (nSPS) is 9.25. The lowest BCUT2D eigenvalue weighted by Gasteiger charge is -2.04. The summed E-state index contributed by atoms with van der Waals surface area (Å²) < 4.78 is 5.14. The molecule has 0 atom stereocenters. The van der Waals surface area contributed by atoms with E-state index in [0.29, 0.717) is 5.56 Å². The van der Waals surface area contributed by atoms with Crippen LogP contribution in [0.3, 0.4) is 0 Å². The SMILES string of the molecule is N#CC(C#N)=Cc1ccc(OC(=O)c2cccc([N+](=O)[O-])c2)cc1. The average Bonchev–Trinajstić information content (AvgIpc) is 2.61. The average molecular weight is 319 g/mol. The van der Waals surface area contributed by atoms with E-state index in [0.717, 1.165) is 6.07 Å². The highest BCUT2D eigenvalue weighted by molar-refractivity contribution is 5.91. The molecule has 24 heavy (non-hydrogen) atoms. The van der Waals surface area contributed by atoms with Gasteiger partial charge in [-0.1, -0.05) is 18.2 Å². The maximum absolute atomic E-state index is 12.0. The second kappa shape index (κ2) is 7.34. The molecule has 0 fully saturated rings. The van der Waals surface area contributed by atoms with Crippen LogP contribution in [0.5, 0.6) is 5.75 Å². The largest absolute Gasteiger partial charge is 0.423 e. The molecule has 0 amide bonds. The number of non-ortho nitro benzene ring substituents is 1. The quantitative estimate of drug-likeness (QED) is 0.281. The monoisotopic (exact) mass is 319 g/mol. The zero-order chi connectivity index (χ0) is 17.5. The van der Waals surface area contributed by atoms with Crippen molar-refractivity contribution in [2.45, 2.75) is 0 Å². The molecular weight excluding hydrogens is 310 g/mol. The van der Waals surface area contributed by atoms with E-state index in [1.165, 1.54) is 36.4 Å². The Kier molecular flexibility index (Phi) is 5.02. The van der Waals surface area contributed by atoms with Gasteiger partial charge in [0.1, 0.15) is 23.5 Å². The molecule has 0 N–H and O–H groups in total. The predicted octanol–water partition coefficient (Wildman–Crippen LogP) is 3.24. The molecule has 2 aromatic carbocycles. The first-order valence-corrected chi connectivity index (χ1v) is 6.62. The first-order chi connectivity index (χ1) is 11.5. The van der Waals surface area contributed by atoms with Crippen molar-refractivity contribution in [3.05, 3.63) is 75.3 Å². The molecule has 0 unspecified atom stereocenters. The highest BCUT2D eigenvalue weighted by Gasteiger charge is 2.13. The summed E-state index contributed by atoms with van der Waals surface area (Å²) in [5.74, 6) is -0.490. The second-order valence-electron chi connectivity index (χ2n) is 4.55. The van der Waals surface area contributed by atoms with Gasteiger partial charge in [0.2, 0.25) is 0 Å². The summed E-state index contributed by atoms with van der Waals surface area (Å²) in [5.41, 5.74) is 0.412. The summed E-state index contributed by atoms with van der Waals surface area (Å²) in [4.78, 5) is 22.1. The van der Waals surface area contributed by atoms with Crippen LogP contribution >= 0.6 is 0 Å². The van der Waals surface area contributed by atoms with E-state index in [2.05, 4.69) is 0 Å². The number of hydrogen-bond acceptors (Lipinski definition) is 6. The molecule has 0 spiro atoms. The third kappa shape index (κ3) is 4.03. The summed E-state index contributed by atoms with van der Waals surface area (Å²) in [5, 5.41) is 28.1. The number of ether oxygens (including phenoxy) is 1. The Morgan fingerprint density at radius 1 is 1.12 bits per heavy atom. The van der Waals surface area contributed by atoms with E-state index in [9.17, 15) is 14.9 Å². The smallest absolute Gasteiger partial charge is 0.343 e. The van der Waals surface area contributed by atoms with Crippen LogP contribution in [0, 0.1) is 32.8 Å². The van der Waals surface area contributed by atoms with E-state index < -0.39 is 10.9 Å². The number of esters is 1. The number of nitriles is 2. The fourth-order valence-corrected chi connectivity index (χ4v) is 1.80. The predicted molar refractivity (Wildman–Crippen MR) is 83.7 cm³/mol. The van der Waals surface area contributed by atoms with Gasteiger partial charge in [-0.25, -0.2) is 4.79 Å². The Morgan fingerprint density at radius 2 is 1.79 bits per heavy atom. The van der Waals surface area contributed by atoms with Gasteiger partial charge in [-0.3, -0.25) is 10.1 Å². The summed E-state index contributed by atoms with van der Waals surface area (Å²) >= 11 is 0. The zero-order valence-electron chi connectivity index (χ0n) is 12.2. The van der Waals surface area contributed by atoms with E-state index in [1.54, 1.807) is 24.3 Å². The molecule has 0 aromatic heterocycles. The van der Waals surface area contributed by atoms with Crippen LogP contribution in [-0.2, 0) is 0 Å². The Labute approximate surface area is 136 Å². The molecule has 7 nitrogen and oxygen atoms in total. The Bertz CT molecular complexity index is 887. The highest BCUT2D eigenvalue weighted by atomic mass is 16.6. The topological polar surface area (TPSA) is 117 Å². The zero-order valence-corrected chi connectivity index (χ0v) is 12.2. The number of nitro groups is 1. The lowest BCUT2D eigenvalue weighted by molar-refractivity contribution is -0.384. The van der Waals surface area contributed by atoms with Gasteiger partial charge in [0.05, 0.1) is 10.5 Å². The second-order valence-corrected chi connectivity index (χ2v) is 4.55. The number of benzene rings is 2. The lowest BCUT2D eigenvalue weighted by Crippen LogP contribution is -2.08. The van der Waals surface area contributed by atoms with Gasteiger partial charge < -0.3 is 4.74 Å². The Balaban J connectivity index is 2.14. The summed E-state index contributed by atoms with van der Waals surface area (Å²) in [6.45, 7) is 0. The number of carbonyl (C=O) groups is 1. The maximum atomic E-state index is 12.0. The molecule has 116 valence electrons. The number of rotatable bonds is 4. The minimum absolute atomic E-state index is 0.0451. The summed E-state index contributed by atoms with van der Waals surface area (Å²) in [7, 11) is 0. The minimum atomic E-state index is -0.725. The van der Waals surface area contributed by atoms with E-state index in [4.69, 9.17) is 15.3 Å². The molecule has 2 rings (SSSR count). The van der Waals surface area contributed by atoms with Gasteiger partial charge >= 0.3 is 5.97 Å². The van der Waals surface area contributed by atoms with Crippen LogP contribution in [0.1, 0.15) is 15.9 Å². The third-order valence-corrected chi connectivity index (χ3v) is 2.94. The highest BCUT2D eigenvalue weighted by Crippen LogP contribution is 2.18. The molecule has 0 aliphatic rings. The molecule has 2 aromatic rings. The molecular formula is C17H9N3O4. The molecule has 0 aliphatic heterocycles. The molecule has 0 saturated heterocycles. The van der Waals surface area contributed by atoms with Crippen LogP contribution in [0.25, 0.3) is 6.08 Å². The van der Waals surface area contributed by atoms with Crippen LogP contribution in [0.2, 0.25) is 0 Å². The van der Waals surface area contributed by atoms with Crippen molar-refractivity contribution in [1.29, 1.82) is 10.5 Å². The third-order valence-electron chi connectivity index (χ3n) is 2.94. The number of allylic oxidation sites excluding steroid dienone is 1. The van der Waals surface area contributed by atoms with Gasteiger partial charge in [0.25, 0.3) is 5.69 Å². The molecule has 0 saturated carbocycles. The van der Waals surface area contributed by atoms with Crippen molar-refractivity contribution in [2.24, 2.45) is 0 Å². The molecule has 0 aliphatic carbocycles. The summed E-state index contributed by atoms with van der Waals surface area (Å²) in [6.07, 6.45) is 1.39. The fourth-order valence-electron chi connectivity index (χ4n) is 1.80. The molecule has 0 heterocycles. The van der Waals surface area contributed by atoms with E-state index in [-0.39, 0.29) is 22.6 Å². The van der Waals surface area contributed by atoms with Crippen LogP contribution in [0.4, 0.5) is 5.69 Å². The van der Waals surface area contributed by atoms with Crippen molar-refractivity contribution in [3.8, 4) is 17.9 Å². The minimum Gasteiger partial charge on any atom is -0.423 e. The van der Waals surface area contributed by atoms with Gasteiger partial charge in [-0.15, -0.1) is 0 Å². The Morgan fingerprint density at radius 3 is 2.38 bits per heavy atom. The number of hydrogen-bond donors (Lipinski definition) is 0. The van der Waals surface area contributed by atoms with Crippen LogP contribution in [-0.4, -0.2) is 10.9 Å². The van der Waals surface area contributed by atoms with E-state index >= 15 is 0 Å². The number of nitrogens with zero attached hydrogens (tertiary/aromatic N) is 3. The molecule has 7 heteroatoms. The van der Waals surface area contributed by atoms with Crippen molar-refractivity contribution in [2.75, 3.05) is 0 Å². The Hall–Kier alpha value is -3.97. The van der Waals surface area contributed by atoms with Gasteiger partial charge in [-0.2, -0.15) is 10.5 Å². The van der Waals surface area contributed by atoms with Crippen molar-refractivity contribution < 1.29 is 14.5 Å². The standard InChI is InChI=1S/C17H9N3O4/c18-10-13(11-19)8-12-4-6-16(7-5-12)24-17(21)14-2-1-3-15(9-14)20(22)23/h1-9H. The number of carbonyl (C=O) groups excluding carboxylic acids is 1. The van der Waals surface area contributed by atoms with Crippen LogP contribution in [0.15, 0.2) is 54.1 Å².